The third kappa shape index (κ3) is 3.16. The fourth-order valence-electron chi connectivity index (χ4n) is 1.93. The maximum atomic E-state index is 13.7. The van der Waals surface area contributed by atoms with Gasteiger partial charge in [0.05, 0.1) is 4.92 Å². The second kappa shape index (κ2) is 6.27. The summed E-state index contributed by atoms with van der Waals surface area (Å²) in [5.41, 5.74) is -6.62. The predicted octanol–water partition coefficient (Wildman–Crippen LogP) is 3.16. The molecule has 1 heterocycles. The number of halogens is 7. The fourth-order valence-corrected chi connectivity index (χ4v) is 1.93. The summed E-state index contributed by atoms with van der Waals surface area (Å²) in [6.07, 6.45) is -5.01. The van der Waals surface area contributed by atoms with Crippen molar-refractivity contribution in [2.24, 2.45) is 7.05 Å². The topological polar surface area (TPSA) is 90.1 Å². The Morgan fingerprint density at radius 2 is 1.65 bits per heavy atom. The highest BCUT2D eigenvalue weighted by atomic mass is 19.4. The zero-order valence-electron chi connectivity index (χ0n) is 12.3. The number of hydrogen-bond donors (Lipinski definition) is 1. The Hall–Kier alpha value is -3.19. The van der Waals surface area contributed by atoms with E-state index in [1.54, 1.807) is 0 Å². The summed E-state index contributed by atoms with van der Waals surface area (Å²) in [5, 5.41) is 15.4. The van der Waals surface area contributed by atoms with Gasteiger partial charge in [0.1, 0.15) is 17.4 Å². The van der Waals surface area contributed by atoms with Gasteiger partial charge in [0.15, 0.2) is 23.3 Å². The third-order valence-corrected chi connectivity index (χ3v) is 3.01. The van der Waals surface area contributed by atoms with Crippen LogP contribution >= 0.6 is 0 Å². The molecule has 14 heteroatoms. The Labute approximate surface area is 138 Å². The highest BCUT2D eigenvalue weighted by Gasteiger charge is 2.42. The molecule has 0 spiro atoms. The summed E-state index contributed by atoms with van der Waals surface area (Å²) >= 11 is 0. The molecule has 1 aromatic heterocycles. The van der Waals surface area contributed by atoms with E-state index in [2.05, 4.69) is 5.10 Å². The first-order chi connectivity index (χ1) is 11.9. The smallest absolute Gasteiger partial charge is 0.315 e. The van der Waals surface area contributed by atoms with Crippen molar-refractivity contribution in [3.8, 4) is 0 Å². The Balaban J connectivity index is 2.55. The molecule has 0 atom stereocenters. The second-order valence-electron chi connectivity index (χ2n) is 4.75. The zero-order valence-corrected chi connectivity index (χ0v) is 12.3. The molecule has 0 saturated heterocycles. The van der Waals surface area contributed by atoms with E-state index in [1.807, 2.05) is 0 Å². The monoisotopic (exact) mass is 386 g/mol. The maximum Gasteiger partial charge on any atom is 0.422 e. The van der Waals surface area contributed by atoms with Crippen LogP contribution in [0.15, 0.2) is 6.20 Å². The van der Waals surface area contributed by atoms with Crippen LogP contribution in [0.2, 0.25) is 0 Å². The number of nitrogens with one attached hydrogen (secondary N) is 1. The van der Waals surface area contributed by atoms with Gasteiger partial charge in [-0.05, 0) is 0 Å². The van der Waals surface area contributed by atoms with E-state index in [9.17, 15) is 45.6 Å². The van der Waals surface area contributed by atoms with Crippen LogP contribution in [-0.4, -0.2) is 20.6 Å². The Morgan fingerprint density at radius 3 is 2.08 bits per heavy atom. The van der Waals surface area contributed by atoms with E-state index in [4.69, 9.17) is 0 Å². The number of amides is 1. The van der Waals surface area contributed by atoms with Crippen molar-refractivity contribution < 1.29 is 40.5 Å². The number of aryl methyl sites for hydroxylation is 1. The van der Waals surface area contributed by atoms with Gasteiger partial charge in [0, 0.05) is 7.05 Å². The van der Waals surface area contributed by atoms with E-state index in [0.717, 1.165) is 17.9 Å². The van der Waals surface area contributed by atoms with Crippen LogP contribution < -0.4 is 5.32 Å². The van der Waals surface area contributed by atoms with Gasteiger partial charge in [-0.3, -0.25) is 19.6 Å². The molecule has 1 N–H and O–H groups in total. The lowest BCUT2D eigenvalue weighted by Crippen LogP contribution is -2.21. The summed E-state index contributed by atoms with van der Waals surface area (Å²) in [4.78, 5) is 21.6. The molecule has 0 bridgehead atoms. The van der Waals surface area contributed by atoms with Crippen LogP contribution in [0.1, 0.15) is 16.1 Å². The quantitative estimate of drug-likeness (QED) is 0.380. The first-order valence-electron chi connectivity index (χ1n) is 6.28. The van der Waals surface area contributed by atoms with Crippen LogP contribution in [0.25, 0.3) is 0 Å². The summed E-state index contributed by atoms with van der Waals surface area (Å²) in [5.74, 6) is -12.3. The van der Waals surface area contributed by atoms with Crippen LogP contribution in [0, 0.1) is 33.4 Å². The first-order valence-corrected chi connectivity index (χ1v) is 6.28. The molecule has 0 aliphatic carbocycles. The molecule has 0 aliphatic heterocycles. The number of nitrogens with zero attached hydrogens (tertiary/aromatic N) is 3. The number of anilines is 1. The molecular weight excluding hydrogens is 381 g/mol. The van der Waals surface area contributed by atoms with Gasteiger partial charge in [-0.1, -0.05) is 0 Å². The lowest BCUT2D eigenvalue weighted by molar-refractivity contribution is -0.385. The number of rotatable bonds is 3. The molecule has 26 heavy (non-hydrogen) atoms. The van der Waals surface area contributed by atoms with Crippen molar-refractivity contribution in [2.75, 3.05) is 5.32 Å². The van der Waals surface area contributed by atoms with Gasteiger partial charge in [0.25, 0.3) is 5.91 Å². The normalized spacial score (nSPS) is 11.5. The molecule has 0 unspecified atom stereocenters. The number of hydrogen-bond acceptors (Lipinski definition) is 4. The van der Waals surface area contributed by atoms with Crippen molar-refractivity contribution >= 4 is 17.3 Å². The number of alkyl halides is 3. The lowest BCUT2D eigenvalue weighted by atomic mass is 10.1. The first kappa shape index (κ1) is 19.1. The van der Waals surface area contributed by atoms with Crippen molar-refractivity contribution in [1.29, 1.82) is 0 Å². The second-order valence-corrected chi connectivity index (χ2v) is 4.75. The number of carbonyl (C=O) groups is 1. The van der Waals surface area contributed by atoms with Crippen LogP contribution in [0.3, 0.4) is 0 Å². The largest absolute Gasteiger partial charge is 0.422 e. The molecule has 2 rings (SSSR count). The Morgan fingerprint density at radius 1 is 1.15 bits per heavy atom. The van der Waals surface area contributed by atoms with Crippen LogP contribution in [-0.2, 0) is 13.2 Å². The van der Waals surface area contributed by atoms with E-state index >= 15 is 0 Å². The molecule has 0 fully saturated rings. The zero-order chi connectivity index (χ0) is 20.0. The summed E-state index contributed by atoms with van der Waals surface area (Å²) in [6.45, 7) is 0. The van der Waals surface area contributed by atoms with Crippen LogP contribution in [0.4, 0.5) is 42.1 Å². The van der Waals surface area contributed by atoms with E-state index < -0.39 is 62.9 Å². The standard InChI is InChI=1S/C12H5F7N4O3/c1-22-2-3(23(25)26)9(21-22)11(24)20-10-7(15)5(13)4(12(17,18)19)6(14)8(10)16/h2H,1H3,(H,20,24). The number of carbonyl (C=O) groups excluding carboxylic acids is 1. The fraction of sp³-hybridized carbons (Fsp3) is 0.167. The highest BCUT2D eigenvalue weighted by Crippen LogP contribution is 2.38. The van der Waals surface area contributed by atoms with E-state index in [0.29, 0.717) is 0 Å². The molecule has 2 aromatic rings. The molecule has 7 nitrogen and oxygen atoms in total. The van der Waals surface area contributed by atoms with Gasteiger partial charge in [-0.2, -0.15) is 18.3 Å². The Bertz CT molecular complexity index is 894. The molecule has 0 aliphatic rings. The molecule has 1 aromatic carbocycles. The number of aromatic nitrogens is 2. The molecule has 0 saturated carbocycles. The maximum absolute atomic E-state index is 13.7. The summed E-state index contributed by atoms with van der Waals surface area (Å²) in [6, 6.07) is 0. The minimum Gasteiger partial charge on any atom is -0.315 e. The average molecular weight is 386 g/mol. The third-order valence-electron chi connectivity index (χ3n) is 3.01. The minimum absolute atomic E-state index is 0.746. The SMILES string of the molecule is Cn1cc([N+](=O)[O-])c(C(=O)Nc2c(F)c(F)c(C(F)(F)F)c(F)c2F)n1. The van der Waals surface area contributed by atoms with Gasteiger partial charge in [0.2, 0.25) is 5.69 Å². The summed E-state index contributed by atoms with van der Waals surface area (Å²) < 4.78 is 92.6. The van der Waals surface area contributed by atoms with Gasteiger partial charge >= 0.3 is 11.9 Å². The molecule has 140 valence electrons. The van der Waals surface area contributed by atoms with Crippen molar-refractivity contribution in [2.45, 2.75) is 6.18 Å². The van der Waals surface area contributed by atoms with Crippen molar-refractivity contribution in [1.82, 2.24) is 9.78 Å². The van der Waals surface area contributed by atoms with Crippen molar-refractivity contribution in [3.05, 3.63) is 50.8 Å². The van der Waals surface area contributed by atoms with Gasteiger partial charge in [-0.25, -0.2) is 17.6 Å². The van der Waals surface area contributed by atoms with E-state index in [1.165, 1.54) is 5.32 Å². The molecule has 1 amide bonds. The minimum atomic E-state index is -5.75. The molecule has 0 radical (unpaired) electrons. The molecular formula is C12H5F7N4O3. The number of nitro groups is 1. The highest BCUT2D eigenvalue weighted by molar-refractivity contribution is 6.05. The van der Waals surface area contributed by atoms with Crippen LogP contribution in [0.5, 0.6) is 0 Å². The van der Waals surface area contributed by atoms with Gasteiger partial charge < -0.3 is 5.32 Å². The van der Waals surface area contributed by atoms with E-state index in [-0.39, 0.29) is 0 Å². The average Bonchev–Trinajstić information content (AvgIpc) is 2.90. The lowest BCUT2D eigenvalue weighted by Gasteiger charge is -2.14. The number of benzene rings is 1. The van der Waals surface area contributed by atoms with Gasteiger partial charge in [-0.15, -0.1) is 0 Å². The Kier molecular flexibility index (Phi) is 4.62. The summed E-state index contributed by atoms with van der Waals surface area (Å²) in [7, 11) is 1.16. The predicted molar refractivity (Wildman–Crippen MR) is 69.1 cm³/mol. The van der Waals surface area contributed by atoms with Crippen molar-refractivity contribution in [3.63, 3.8) is 0 Å².